The topological polar surface area (TPSA) is 21.3 Å². The van der Waals surface area contributed by atoms with Gasteiger partial charge in [-0.3, -0.25) is 0 Å². The first-order valence-corrected chi connectivity index (χ1v) is 6.16. The molecular formula is C15H23NO. The molecule has 2 nitrogen and oxygen atoms in total. The van der Waals surface area contributed by atoms with E-state index < -0.39 is 0 Å². The van der Waals surface area contributed by atoms with Crippen molar-refractivity contribution in [3.05, 3.63) is 47.6 Å². The lowest BCUT2D eigenvalue weighted by atomic mass is 9.97. The van der Waals surface area contributed by atoms with Crippen molar-refractivity contribution in [3.63, 3.8) is 0 Å². The number of hydrogen-bond donors (Lipinski definition) is 1. The zero-order chi connectivity index (χ0) is 12.8. The Bertz CT molecular complexity index is 368. The zero-order valence-electron chi connectivity index (χ0n) is 11.3. The van der Waals surface area contributed by atoms with Crippen LogP contribution in [0.15, 0.2) is 47.6 Å². The Balaban J connectivity index is 3.13. The highest BCUT2D eigenvalue weighted by atomic mass is 16.5. The molecule has 0 aromatic rings. The van der Waals surface area contributed by atoms with Crippen molar-refractivity contribution in [3.8, 4) is 0 Å². The van der Waals surface area contributed by atoms with Crippen LogP contribution in [-0.2, 0) is 4.74 Å². The van der Waals surface area contributed by atoms with E-state index >= 15 is 0 Å². The third kappa shape index (κ3) is 3.81. The van der Waals surface area contributed by atoms with Crippen molar-refractivity contribution in [1.82, 2.24) is 5.32 Å². The van der Waals surface area contributed by atoms with Gasteiger partial charge in [-0.25, -0.2) is 0 Å². The molecule has 94 valence electrons. The normalized spacial score (nSPS) is 15.4. The summed E-state index contributed by atoms with van der Waals surface area (Å²) in [5.41, 5.74) is 3.69. The van der Waals surface area contributed by atoms with Gasteiger partial charge in [0.05, 0.1) is 6.26 Å². The molecule has 0 spiro atoms. The van der Waals surface area contributed by atoms with E-state index in [1.54, 1.807) is 0 Å². The highest BCUT2D eigenvalue weighted by molar-refractivity contribution is 5.46. The molecule has 0 atom stereocenters. The van der Waals surface area contributed by atoms with Gasteiger partial charge in [-0.2, -0.15) is 0 Å². The second kappa shape index (κ2) is 6.33. The van der Waals surface area contributed by atoms with Gasteiger partial charge in [0.25, 0.3) is 0 Å². The Morgan fingerprint density at radius 1 is 1.47 bits per heavy atom. The maximum Gasteiger partial charge on any atom is 0.132 e. The van der Waals surface area contributed by atoms with Crippen molar-refractivity contribution in [1.29, 1.82) is 0 Å². The van der Waals surface area contributed by atoms with Crippen molar-refractivity contribution >= 4 is 0 Å². The number of allylic oxidation sites excluding steroid dienone is 3. The summed E-state index contributed by atoms with van der Waals surface area (Å²) in [5, 5.41) is 3.26. The van der Waals surface area contributed by atoms with E-state index in [0.29, 0.717) is 5.92 Å². The summed E-state index contributed by atoms with van der Waals surface area (Å²) < 4.78 is 5.59. The predicted octanol–water partition coefficient (Wildman–Crippen LogP) is 3.90. The molecule has 1 aliphatic heterocycles. The average molecular weight is 233 g/mol. The van der Waals surface area contributed by atoms with Crippen molar-refractivity contribution in [2.75, 3.05) is 6.54 Å². The maximum atomic E-state index is 5.59. The summed E-state index contributed by atoms with van der Waals surface area (Å²) >= 11 is 0. The van der Waals surface area contributed by atoms with Crippen LogP contribution in [0.2, 0.25) is 0 Å². The lowest BCUT2D eigenvalue weighted by molar-refractivity contribution is 0.357. The number of hydrogen-bond acceptors (Lipinski definition) is 2. The van der Waals surface area contributed by atoms with E-state index in [9.17, 15) is 0 Å². The van der Waals surface area contributed by atoms with Crippen LogP contribution < -0.4 is 5.32 Å². The first kappa shape index (κ1) is 13.6. The maximum absolute atomic E-state index is 5.59. The molecule has 0 fully saturated rings. The molecule has 0 radical (unpaired) electrons. The molecule has 17 heavy (non-hydrogen) atoms. The average Bonchev–Trinajstić information content (AvgIpc) is 2.75. The van der Waals surface area contributed by atoms with E-state index in [1.807, 2.05) is 0 Å². The summed E-state index contributed by atoms with van der Waals surface area (Å²) in [6, 6.07) is 0. The third-order valence-electron chi connectivity index (χ3n) is 2.56. The van der Waals surface area contributed by atoms with Gasteiger partial charge in [0, 0.05) is 18.3 Å². The summed E-state index contributed by atoms with van der Waals surface area (Å²) in [7, 11) is 0. The van der Waals surface area contributed by atoms with Gasteiger partial charge in [-0.1, -0.05) is 26.5 Å². The molecule has 0 amide bonds. The molecule has 1 rings (SSSR count). The second-order valence-corrected chi connectivity index (χ2v) is 4.81. The first-order chi connectivity index (χ1) is 8.06. The fraction of sp³-hybridized carbons (Fsp3) is 0.467. The Labute approximate surface area is 105 Å². The third-order valence-corrected chi connectivity index (χ3v) is 2.56. The minimum Gasteiger partial charge on any atom is -0.465 e. The predicted molar refractivity (Wildman–Crippen MR) is 73.3 cm³/mol. The standard InChI is InChI=1S/C15H23NO/c1-6-17-15(12(4)5)14(9-11(2)3)13-7-8-16-10-13/h6,9-11,16H,1,7-8H2,2-5H3/b14-9-. The van der Waals surface area contributed by atoms with Crippen LogP contribution in [-0.4, -0.2) is 6.54 Å². The number of nitrogens with one attached hydrogen (secondary N) is 1. The van der Waals surface area contributed by atoms with E-state index in [1.165, 1.54) is 23.0 Å². The summed E-state index contributed by atoms with van der Waals surface area (Å²) in [5.74, 6) is 1.43. The van der Waals surface area contributed by atoms with Gasteiger partial charge < -0.3 is 10.1 Å². The lowest BCUT2D eigenvalue weighted by Gasteiger charge is -2.15. The minimum absolute atomic E-state index is 0.495. The van der Waals surface area contributed by atoms with E-state index in [4.69, 9.17) is 4.74 Å². The van der Waals surface area contributed by atoms with Crippen LogP contribution in [0, 0.1) is 5.92 Å². The van der Waals surface area contributed by atoms with Crippen molar-refractivity contribution < 1.29 is 4.74 Å². The fourth-order valence-corrected chi connectivity index (χ4v) is 1.88. The van der Waals surface area contributed by atoms with Crippen LogP contribution in [0.5, 0.6) is 0 Å². The SMILES string of the molecule is C=COC(=C(C)C)/C(=C\C(C)C)C1=CNCC1. The van der Waals surface area contributed by atoms with Crippen molar-refractivity contribution in [2.24, 2.45) is 5.92 Å². The molecule has 1 aliphatic rings. The summed E-state index contributed by atoms with van der Waals surface area (Å²) in [4.78, 5) is 0. The monoisotopic (exact) mass is 233 g/mol. The molecule has 0 aromatic heterocycles. The largest absolute Gasteiger partial charge is 0.465 e. The molecule has 1 N–H and O–H groups in total. The van der Waals surface area contributed by atoms with Crippen LogP contribution in [0.1, 0.15) is 34.1 Å². The Morgan fingerprint density at radius 2 is 2.18 bits per heavy atom. The first-order valence-electron chi connectivity index (χ1n) is 6.16. The molecule has 0 bridgehead atoms. The van der Waals surface area contributed by atoms with Gasteiger partial charge in [-0.05, 0) is 37.3 Å². The number of rotatable bonds is 5. The van der Waals surface area contributed by atoms with Gasteiger partial charge in [-0.15, -0.1) is 0 Å². The molecule has 0 saturated heterocycles. The molecule has 2 heteroatoms. The molecule has 1 heterocycles. The highest BCUT2D eigenvalue weighted by Crippen LogP contribution is 2.28. The highest BCUT2D eigenvalue weighted by Gasteiger charge is 2.16. The fourth-order valence-electron chi connectivity index (χ4n) is 1.88. The van der Waals surface area contributed by atoms with Crippen LogP contribution >= 0.6 is 0 Å². The van der Waals surface area contributed by atoms with Gasteiger partial charge in [0.2, 0.25) is 0 Å². The molecule has 0 saturated carbocycles. The van der Waals surface area contributed by atoms with E-state index in [0.717, 1.165) is 18.7 Å². The minimum atomic E-state index is 0.495. The van der Waals surface area contributed by atoms with Gasteiger partial charge in [0.15, 0.2) is 0 Å². The Hall–Kier alpha value is -1.44. The van der Waals surface area contributed by atoms with E-state index in [2.05, 4.69) is 51.9 Å². The smallest absolute Gasteiger partial charge is 0.132 e. The van der Waals surface area contributed by atoms with E-state index in [-0.39, 0.29) is 0 Å². The lowest BCUT2D eigenvalue weighted by Crippen LogP contribution is -2.00. The molecular weight excluding hydrogens is 210 g/mol. The quantitative estimate of drug-likeness (QED) is 0.574. The van der Waals surface area contributed by atoms with Crippen LogP contribution in [0.4, 0.5) is 0 Å². The van der Waals surface area contributed by atoms with Crippen LogP contribution in [0.3, 0.4) is 0 Å². The van der Waals surface area contributed by atoms with Gasteiger partial charge >= 0.3 is 0 Å². The number of ether oxygens (including phenoxy) is 1. The van der Waals surface area contributed by atoms with Crippen LogP contribution in [0.25, 0.3) is 0 Å². The zero-order valence-corrected chi connectivity index (χ0v) is 11.3. The molecule has 0 aliphatic carbocycles. The molecule has 0 aromatic carbocycles. The second-order valence-electron chi connectivity index (χ2n) is 4.81. The summed E-state index contributed by atoms with van der Waals surface area (Å²) in [6.45, 7) is 13.2. The molecule has 0 unspecified atom stereocenters. The van der Waals surface area contributed by atoms with Gasteiger partial charge in [0.1, 0.15) is 5.76 Å². The van der Waals surface area contributed by atoms with Crippen molar-refractivity contribution in [2.45, 2.75) is 34.1 Å². The Kier molecular flexibility index (Phi) is 5.08. The summed E-state index contributed by atoms with van der Waals surface area (Å²) in [6.07, 6.45) is 6.89. The Morgan fingerprint density at radius 3 is 2.59 bits per heavy atom.